The fraction of sp³-hybridized carbons (Fsp3) is 0.800. The average Bonchev–Trinajstić information content (AvgIpc) is 2.06. The predicted octanol–water partition coefficient (Wildman–Crippen LogP) is 3.32. The van der Waals surface area contributed by atoms with Gasteiger partial charge in [0.05, 0.1) is 11.7 Å². The molecule has 1 rings (SSSR count). The zero-order valence-corrected chi connectivity index (χ0v) is 14.7. The van der Waals surface area contributed by atoms with E-state index in [4.69, 9.17) is 14.3 Å². The van der Waals surface area contributed by atoms with Gasteiger partial charge in [-0.2, -0.15) is 0 Å². The van der Waals surface area contributed by atoms with Gasteiger partial charge in [-0.3, -0.25) is 0 Å². The Morgan fingerprint density at radius 2 is 1.38 bits per heavy atom. The molecule has 0 saturated heterocycles. The van der Waals surface area contributed by atoms with Crippen LogP contribution in [0.5, 0.6) is 0 Å². The maximum absolute atomic E-state index is 5.84. The van der Waals surface area contributed by atoms with E-state index in [0.717, 1.165) is 0 Å². The molecule has 1 N–H and O–H groups in total. The number of nitrogens with zero attached hydrogens (tertiary/aromatic N) is 2. The Labute approximate surface area is 128 Å². The van der Waals surface area contributed by atoms with E-state index < -0.39 is 5.60 Å². The van der Waals surface area contributed by atoms with Gasteiger partial charge < -0.3 is 9.47 Å². The number of hydrazone groups is 1. The highest BCUT2D eigenvalue weighted by molar-refractivity contribution is 5.88. The molecule has 0 fully saturated rings. The maximum Gasteiger partial charge on any atom is 0.241 e. The number of nitrogens with one attached hydrogen (secondary N) is 1. The van der Waals surface area contributed by atoms with Gasteiger partial charge in [0.15, 0.2) is 0 Å². The Hall–Kier alpha value is -1.43. The molecule has 0 aliphatic carbocycles. The molecule has 0 unspecified atom stereocenters. The number of hydrogen-bond donors (Lipinski definition) is 1. The molecule has 0 atom stereocenters. The van der Waals surface area contributed by atoms with Crippen molar-refractivity contribution in [3.63, 3.8) is 0 Å². The Morgan fingerprint density at radius 1 is 0.857 bits per heavy atom. The van der Waals surface area contributed by atoms with Crippen molar-refractivity contribution in [1.29, 1.82) is 0 Å². The average molecular weight is 299 g/mol. The van der Waals surface area contributed by atoms with E-state index in [1.165, 1.54) is 5.28 Å². The summed E-state index contributed by atoms with van der Waals surface area (Å²) in [5.41, 5.74) is 1.88. The lowest BCUT2D eigenvalue weighted by Crippen LogP contribution is -2.44. The van der Waals surface area contributed by atoms with Crippen LogP contribution < -0.4 is 5.43 Å². The summed E-state index contributed by atoms with van der Waals surface area (Å²) in [5, 5.41) is 5.55. The summed E-state index contributed by atoms with van der Waals surface area (Å²) in [6.45, 7) is 17.6. The molecule has 0 spiro atoms. The van der Waals surface area contributed by atoms with Gasteiger partial charge in [-0.15, -0.1) is 0 Å². The highest BCUT2D eigenvalue weighted by atomic mass is 16.8. The summed E-state index contributed by atoms with van der Waals surface area (Å²) >= 11 is 0. The van der Waals surface area contributed by atoms with Crippen LogP contribution in [0.4, 0.5) is 0 Å². The van der Waals surface area contributed by atoms with E-state index in [9.17, 15) is 0 Å². The smallest absolute Gasteiger partial charge is 0.241 e. The van der Waals surface area contributed by atoms with Crippen molar-refractivity contribution in [1.82, 2.24) is 10.7 Å². The van der Waals surface area contributed by atoms with Gasteiger partial charge >= 0.3 is 0 Å². The SMILES string of the molecule is CC(C)(C)OC1=CC(OC(C)(C)C)=NN(OC(C)(C)C)N1. The zero-order valence-electron chi connectivity index (χ0n) is 14.7. The summed E-state index contributed by atoms with van der Waals surface area (Å²) < 4.78 is 11.6. The normalized spacial score (nSPS) is 16.9. The van der Waals surface area contributed by atoms with Crippen molar-refractivity contribution in [3.05, 3.63) is 12.0 Å². The highest BCUT2D eigenvalue weighted by Gasteiger charge is 2.26. The molecule has 6 heteroatoms. The van der Waals surface area contributed by atoms with Gasteiger partial charge in [0, 0.05) is 0 Å². The Morgan fingerprint density at radius 3 is 1.81 bits per heavy atom. The molecule has 0 amide bonds. The molecule has 0 bridgehead atoms. The number of rotatable bonds is 2. The third kappa shape index (κ3) is 7.80. The topological polar surface area (TPSA) is 55.3 Å². The summed E-state index contributed by atoms with van der Waals surface area (Å²) in [6.07, 6.45) is 1.72. The lowest BCUT2D eigenvalue weighted by Gasteiger charge is -2.34. The van der Waals surface area contributed by atoms with Crippen LogP contribution in [0.1, 0.15) is 62.3 Å². The fourth-order valence-corrected chi connectivity index (χ4v) is 1.43. The minimum atomic E-state index is -0.395. The highest BCUT2D eigenvalue weighted by Crippen LogP contribution is 2.19. The van der Waals surface area contributed by atoms with Crippen LogP contribution in [-0.2, 0) is 14.3 Å². The van der Waals surface area contributed by atoms with Crippen LogP contribution in [0.2, 0.25) is 0 Å². The molecule has 1 aliphatic rings. The molecule has 1 aliphatic heterocycles. The first-order valence-corrected chi connectivity index (χ1v) is 7.18. The van der Waals surface area contributed by atoms with E-state index in [1.54, 1.807) is 6.08 Å². The Kier molecular flexibility index (Phi) is 4.83. The Balaban J connectivity index is 2.93. The van der Waals surface area contributed by atoms with E-state index in [2.05, 4.69) is 10.5 Å². The van der Waals surface area contributed by atoms with E-state index in [-0.39, 0.29) is 11.2 Å². The van der Waals surface area contributed by atoms with Gasteiger partial charge in [-0.25, -0.2) is 10.3 Å². The quantitative estimate of drug-likeness (QED) is 0.847. The second kappa shape index (κ2) is 5.75. The van der Waals surface area contributed by atoms with E-state index in [0.29, 0.717) is 11.8 Å². The van der Waals surface area contributed by atoms with Crippen molar-refractivity contribution < 1.29 is 14.3 Å². The van der Waals surface area contributed by atoms with Gasteiger partial charge in [-0.05, 0) is 62.3 Å². The summed E-state index contributed by atoms with van der Waals surface area (Å²) in [4.78, 5) is 5.70. The van der Waals surface area contributed by atoms with Crippen LogP contribution in [0, 0.1) is 0 Å². The number of hydrogen-bond acceptors (Lipinski definition) is 6. The fourth-order valence-electron chi connectivity index (χ4n) is 1.43. The zero-order chi connectivity index (χ0) is 16.5. The van der Waals surface area contributed by atoms with Crippen molar-refractivity contribution in [3.8, 4) is 0 Å². The lowest BCUT2D eigenvalue weighted by atomic mass is 10.2. The second-order valence-corrected chi connectivity index (χ2v) is 7.96. The molecule has 1 heterocycles. The third-order valence-corrected chi connectivity index (χ3v) is 1.84. The van der Waals surface area contributed by atoms with E-state index in [1.807, 2.05) is 62.3 Å². The molecule has 122 valence electrons. The van der Waals surface area contributed by atoms with Crippen LogP contribution >= 0.6 is 0 Å². The molecule has 0 aromatic heterocycles. The first-order chi connectivity index (χ1) is 9.23. The van der Waals surface area contributed by atoms with E-state index >= 15 is 0 Å². The monoisotopic (exact) mass is 299 g/mol. The largest absolute Gasteiger partial charge is 0.472 e. The standard InChI is InChI=1S/C15H29N3O3/c1-13(2,3)19-11-10-12(20-14(4,5)6)17-18(16-11)21-15(7,8)9/h10,16H,1-9H3. The van der Waals surface area contributed by atoms with Crippen molar-refractivity contribution in [2.45, 2.75) is 79.1 Å². The second-order valence-electron chi connectivity index (χ2n) is 7.96. The Bertz CT molecular complexity index is 423. The van der Waals surface area contributed by atoms with Crippen LogP contribution in [-0.4, -0.2) is 28.0 Å². The molecule has 0 aromatic carbocycles. The molecule has 0 saturated carbocycles. The molecular formula is C15H29N3O3. The van der Waals surface area contributed by atoms with Gasteiger partial charge in [0.25, 0.3) is 0 Å². The summed E-state index contributed by atoms with van der Waals surface area (Å²) in [5.74, 6) is 0.964. The first kappa shape index (κ1) is 17.6. The lowest BCUT2D eigenvalue weighted by molar-refractivity contribution is -0.262. The minimum Gasteiger partial charge on any atom is -0.472 e. The first-order valence-electron chi connectivity index (χ1n) is 7.18. The predicted molar refractivity (Wildman–Crippen MR) is 83.0 cm³/mol. The summed E-state index contributed by atoms with van der Waals surface area (Å²) in [6, 6.07) is 0. The van der Waals surface area contributed by atoms with Gasteiger partial charge in [0.2, 0.25) is 11.8 Å². The molecular weight excluding hydrogens is 270 g/mol. The van der Waals surface area contributed by atoms with Gasteiger partial charge in [-0.1, -0.05) is 10.4 Å². The van der Waals surface area contributed by atoms with Crippen LogP contribution in [0.15, 0.2) is 17.1 Å². The molecule has 21 heavy (non-hydrogen) atoms. The van der Waals surface area contributed by atoms with Crippen molar-refractivity contribution >= 4 is 5.90 Å². The van der Waals surface area contributed by atoms with Crippen LogP contribution in [0.25, 0.3) is 0 Å². The van der Waals surface area contributed by atoms with Crippen LogP contribution in [0.3, 0.4) is 0 Å². The maximum atomic E-state index is 5.84. The summed E-state index contributed by atoms with van der Waals surface area (Å²) in [7, 11) is 0. The van der Waals surface area contributed by atoms with Crippen molar-refractivity contribution in [2.75, 3.05) is 0 Å². The molecule has 0 aromatic rings. The number of hydrazine groups is 1. The minimum absolute atomic E-state index is 0.337. The number of ether oxygens (including phenoxy) is 2. The molecule has 0 radical (unpaired) electrons. The third-order valence-electron chi connectivity index (χ3n) is 1.84. The van der Waals surface area contributed by atoms with Gasteiger partial charge in [0.1, 0.15) is 11.2 Å². The van der Waals surface area contributed by atoms with Crippen molar-refractivity contribution in [2.24, 2.45) is 5.10 Å². The molecule has 6 nitrogen and oxygen atoms in total.